The van der Waals surface area contributed by atoms with Crippen LogP contribution in [0.3, 0.4) is 0 Å². The second-order valence-corrected chi connectivity index (χ2v) is 1.79. The molecule has 0 saturated heterocycles. The number of aryl methyl sites for hydroxylation is 1. The van der Waals surface area contributed by atoms with Crippen molar-refractivity contribution in [3.8, 4) is 0 Å². The van der Waals surface area contributed by atoms with E-state index in [0.717, 1.165) is 11.7 Å². The van der Waals surface area contributed by atoms with Crippen LogP contribution in [0, 0.1) is 6.85 Å². The predicted octanol–water partition coefficient (Wildman–Crippen LogP) is 1.50. The van der Waals surface area contributed by atoms with Gasteiger partial charge in [-0.05, 0) is 6.85 Å². The van der Waals surface area contributed by atoms with Gasteiger partial charge in [0.15, 0.2) is 5.15 Å². The van der Waals surface area contributed by atoms with Crippen LogP contribution in [0.2, 0.25) is 5.15 Å². The second kappa shape index (κ2) is 1.76. The van der Waals surface area contributed by atoms with E-state index >= 15 is 0 Å². The molecule has 4 heteroatoms. The first-order valence-corrected chi connectivity index (χ1v) is 2.61. The van der Waals surface area contributed by atoms with Gasteiger partial charge in [-0.2, -0.15) is 8.75 Å². The summed E-state index contributed by atoms with van der Waals surface area (Å²) >= 11 is 6.20. The summed E-state index contributed by atoms with van der Waals surface area (Å²) < 4.78 is 27.7. The Kier molecular flexibility index (Phi) is 0.606. The maximum absolute atomic E-state index is 6.88. The van der Waals surface area contributed by atoms with Gasteiger partial charge in [-0.15, -0.1) is 0 Å². The van der Waals surface area contributed by atoms with Gasteiger partial charge in [0, 0.05) is 4.11 Å². The maximum Gasteiger partial charge on any atom is 0.165 e. The van der Waals surface area contributed by atoms with Crippen molar-refractivity contribution in [1.29, 1.82) is 0 Å². The molecule has 1 rings (SSSR count). The van der Waals surface area contributed by atoms with Crippen molar-refractivity contribution in [2.24, 2.45) is 0 Å². The minimum absolute atomic E-state index is 0.0231. The lowest BCUT2D eigenvalue weighted by atomic mass is 10.6. The van der Waals surface area contributed by atoms with Crippen molar-refractivity contribution < 1.29 is 4.11 Å². The van der Waals surface area contributed by atoms with E-state index in [1.54, 1.807) is 0 Å². The maximum atomic E-state index is 6.88. The van der Waals surface area contributed by atoms with E-state index < -0.39 is 6.85 Å². The molecule has 0 bridgehead atoms. The zero-order valence-corrected chi connectivity index (χ0v) is 4.75. The van der Waals surface area contributed by atoms with Gasteiger partial charge in [0.05, 0.1) is 17.4 Å². The van der Waals surface area contributed by atoms with E-state index in [-0.39, 0.29) is 10.8 Å². The van der Waals surface area contributed by atoms with E-state index in [1.807, 2.05) is 0 Å². The molecule has 0 fully saturated rings. The van der Waals surface area contributed by atoms with Gasteiger partial charge < -0.3 is 0 Å². The number of rotatable bonds is 0. The number of aromatic nitrogens is 2. The van der Waals surface area contributed by atoms with Crippen LogP contribution in [-0.4, -0.2) is 8.75 Å². The summed E-state index contributed by atoms with van der Waals surface area (Å²) in [4.78, 5) is 0. The smallest absolute Gasteiger partial charge is 0.165 e. The van der Waals surface area contributed by atoms with Crippen molar-refractivity contribution in [3.63, 3.8) is 0 Å². The largest absolute Gasteiger partial charge is 0.177 e. The van der Waals surface area contributed by atoms with E-state index in [9.17, 15) is 0 Å². The van der Waals surface area contributed by atoms with Gasteiger partial charge in [0.2, 0.25) is 0 Å². The molecule has 0 amide bonds. The molecule has 2 nitrogen and oxygen atoms in total. The molecule has 0 aliphatic heterocycles. The lowest BCUT2D eigenvalue weighted by molar-refractivity contribution is 1.32. The molecule has 1 aromatic rings. The summed E-state index contributed by atoms with van der Waals surface area (Å²) in [7, 11) is 0. The van der Waals surface area contributed by atoms with Gasteiger partial charge in [-0.1, -0.05) is 11.6 Å². The molecule has 0 radical (unpaired) electrons. The molecule has 0 spiro atoms. The van der Waals surface area contributed by atoms with Gasteiger partial charge in [0.1, 0.15) is 0 Å². The minimum atomic E-state index is -2.23. The third kappa shape index (κ3) is 0.894. The highest BCUT2D eigenvalue weighted by atomic mass is 35.5. The summed E-state index contributed by atoms with van der Waals surface area (Å²) in [5.41, 5.74) is -0.112. The summed E-state index contributed by atoms with van der Waals surface area (Å²) in [5, 5.41) is -0.0231. The standard InChI is InChI=1S/C3H3ClN2S/c1-2-3(4)6-7-5-2/h1H3/i1D3. The first-order valence-electron chi connectivity index (χ1n) is 3.00. The normalized spacial score (nSPS) is 17.6. The molecule has 1 heterocycles. The van der Waals surface area contributed by atoms with Crippen LogP contribution in [0.15, 0.2) is 0 Å². The molecule has 0 N–H and O–H groups in total. The van der Waals surface area contributed by atoms with Crippen LogP contribution in [0.25, 0.3) is 0 Å². The molecule has 0 aliphatic carbocycles. The van der Waals surface area contributed by atoms with Crippen molar-refractivity contribution in [2.75, 3.05) is 0 Å². The Balaban J connectivity index is 3.05. The Morgan fingerprint density at radius 2 is 2.71 bits per heavy atom. The molecule has 0 unspecified atom stereocenters. The molecular weight excluding hydrogens is 132 g/mol. The van der Waals surface area contributed by atoms with Crippen molar-refractivity contribution >= 4 is 23.3 Å². The summed E-state index contributed by atoms with van der Waals surface area (Å²) in [5.74, 6) is 0. The van der Waals surface area contributed by atoms with Crippen molar-refractivity contribution in [1.82, 2.24) is 8.75 Å². The van der Waals surface area contributed by atoms with Crippen molar-refractivity contribution in [3.05, 3.63) is 10.8 Å². The number of nitrogens with zero attached hydrogens (tertiary/aromatic N) is 2. The fourth-order valence-electron chi connectivity index (χ4n) is 0.178. The van der Waals surface area contributed by atoms with Crippen molar-refractivity contribution in [2.45, 2.75) is 6.85 Å². The highest BCUT2D eigenvalue weighted by Crippen LogP contribution is 2.08. The molecular formula is C3H3ClN2S. The molecule has 0 saturated carbocycles. The zero-order chi connectivity index (χ0) is 7.78. The van der Waals surface area contributed by atoms with Crippen LogP contribution in [0.5, 0.6) is 0 Å². The average molecular weight is 138 g/mol. The number of hydrogen-bond donors (Lipinski definition) is 0. The van der Waals surface area contributed by atoms with E-state index in [1.165, 1.54) is 0 Å². The molecule has 1 aromatic heterocycles. The quantitative estimate of drug-likeness (QED) is 0.542. The van der Waals surface area contributed by atoms with Crippen LogP contribution in [-0.2, 0) is 0 Å². The summed E-state index contributed by atoms with van der Waals surface area (Å²) in [6, 6.07) is 0. The first-order chi connectivity index (χ1) is 4.52. The number of halogens is 1. The Bertz CT molecular complexity index is 232. The Morgan fingerprint density at radius 1 is 1.86 bits per heavy atom. The van der Waals surface area contributed by atoms with Crippen LogP contribution >= 0.6 is 23.3 Å². The molecule has 0 aliphatic rings. The molecule has 38 valence electrons. The second-order valence-electron chi connectivity index (χ2n) is 0.904. The SMILES string of the molecule is [2H]C([2H])([2H])c1nsnc1Cl. The highest BCUT2D eigenvalue weighted by Gasteiger charge is 1.94. The summed E-state index contributed by atoms with van der Waals surface area (Å²) in [6.45, 7) is -2.23. The predicted molar refractivity (Wildman–Crippen MR) is 29.7 cm³/mol. The summed E-state index contributed by atoms with van der Waals surface area (Å²) in [6.07, 6.45) is 0. The Hall–Kier alpha value is -0.150. The minimum Gasteiger partial charge on any atom is -0.177 e. The fraction of sp³-hybridized carbons (Fsp3) is 0.333. The molecule has 7 heavy (non-hydrogen) atoms. The van der Waals surface area contributed by atoms with Gasteiger partial charge in [-0.25, -0.2) is 0 Å². The Labute approximate surface area is 54.7 Å². The lowest BCUT2D eigenvalue weighted by Gasteiger charge is -1.72. The van der Waals surface area contributed by atoms with Crippen LogP contribution in [0.4, 0.5) is 0 Å². The van der Waals surface area contributed by atoms with E-state index in [2.05, 4.69) is 8.75 Å². The third-order valence-electron chi connectivity index (χ3n) is 0.448. The topological polar surface area (TPSA) is 25.8 Å². The van der Waals surface area contributed by atoms with Crippen LogP contribution in [0.1, 0.15) is 9.81 Å². The highest BCUT2D eigenvalue weighted by molar-refractivity contribution is 6.99. The van der Waals surface area contributed by atoms with Gasteiger partial charge in [0.25, 0.3) is 0 Å². The average Bonchev–Trinajstić information content (AvgIpc) is 2.11. The van der Waals surface area contributed by atoms with Gasteiger partial charge in [-0.3, -0.25) is 0 Å². The van der Waals surface area contributed by atoms with E-state index in [4.69, 9.17) is 15.7 Å². The monoisotopic (exact) mass is 137 g/mol. The number of hydrogen-bond acceptors (Lipinski definition) is 3. The van der Waals surface area contributed by atoms with Crippen LogP contribution < -0.4 is 0 Å². The third-order valence-corrected chi connectivity index (χ3v) is 1.34. The molecule has 0 aromatic carbocycles. The van der Waals surface area contributed by atoms with E-state index in [0.29, 0.717) is 0 Å². The zero-order valence-electron chi connectivity index (χ0n) is 6.18. The fourth-order valence-corrected chi connectivity index (χ4v) is 0.730. The Morgan fingerprint density at radius 3 is 3.00 bits per heavy atom. The lowest BCUT2D eigenvalue weighted by Crippen LogP contribution is -1.65. The van der Waals surface area contributed by atoms with Gasteiger partial charge >= 0.3 is 0 Å². The first kappa shape index (κ1) is 2.42. The molecule has 0 atom stereocenters.